The minimum Gasteiger partial charge on any atom is -0.321 e. The minimum atomic E-state index is -3.98. The molecule has 0 amide bonds. The molecule has 2 unspecified atom stereocenters. The molecule has 0 radical (unpaired) electrons. The second-order valence-electron chi connectivity index (χ2n) is 4.01. The van der Waals surface area contributed by atoms with Crippen LogP contribution in [0, 0.1) is 0 Å². The Morgan fingerprint density at radius 1 is 1.35 bits per heavy atom. The summed E-state index contributed by atoms with van der Waals surface area (Å²) < 4.78 is 25.6. The minimum absolute atomic E-state index is 0.241. The number of allylic oxidation sites excluding steroid dienone is 4. The van der Waals surface area contributed by atoms with Crippen LogP contribution in [0.5, 0.6) is 0 Å². The molecule has 0 fully saturated rings. The zero-order valence-corrected chi connectivity index (χ0v) is 12.1. The van der Waals surface area contributed by atoms with Crippen LogP contribution in [0.25, 0.3) is 0 Å². The van der Waals surface area contributed by atoms with E-state index in [0.29, 0.717) is 0 Å². The Bertz CT molecular complexity index is 369. The highest BCUT2D eigenvalue weighted by molar-refractivity contribution is 7.59. The van der Waals surface area contributed by atoms with Crippen molar-refractivity contribution in [2.75, 3.05) is 6.16 Å². The zero-order chi connectivity index (χ0) is 13.5. The van der Waals surface area contributed by atoms with Gasteiger partial charge in [0.15, 0.2) is 0 Å². The maximum atomic E-state index is 11.2. The highest BCUT2D eigenvalue weighted by Crippen LogP contribution is 2.49. The molecule has 0 saturated heterocycles. The topological polar surface area (TPSA) is 83.8 Å². The summed E-state index contributed by atoms with van der Waals surface area (Å²) in [7, 11) is -7.02. The Kier molecular flexibility index (Phi) is 7.77. The van der Waals surface area contributed by atoms with E-state index in [-0.39, 0.29) is 6.16 Å². The predicted octanol–water partition coefficient (Wildman–Crippen LogP) is 3.53. The average molecular weight is 281 g/mol. The summed E-state index contributed by atoms with van der Waals surface area (Å²) in [6.45, 7) is 5.86. The van der Waals surface area contributed by atoms with Crippen LogP contribution in [0.3, 0.4) is 0 Å². The van der Waals surface area contributed by atoms with Gasteiger partial charge in [0.25, 0.3) is 0 Å². The lowest BCUT2D eigenvalue weighted by atomic mass is 10.1. The third-order valence-corrected chi connectivity index (χ3v) is 4.18. The number of hydrogen-bond acceptors (Lipinski definition) is 3. The normalized spacial score (nSPS) is 16.3. The van der Waals surface area contributed by atoms with Crippen molar-refractivity contribution in [1.82, 2.24) is 0 Å². The van der Waals surface area contributed by atoms with Crippen LogP contribution in [0.2, 0.25) is 0 Å². The van der Waals surface area contributed by atoms with Gasteiger partial charge in [-0.3, -0.25) is 4.57 Å². The fourth-order valence-electron chi connectivity index (χ4n) is 1.10. The highest BCUT2D eigenvalue weighted by Gasteiger charge is 2.31. The number of hydrogen-bond donors (Lipinski definition) is 2. The van der Waals surface area contributed by atoms with Gasteiger partial charge in [0.05, 0.1) is 6.16 Å². The van der Waals surface area contributed by atoms with E-state index >= 15 is 0 Å². The van der Waals surface area contributed by atoms with Crippen LogP contribution in [0.1, 0.15) is 33.6 Å². The molecule has 7 heteroatoms. The molecule has 0 aromatic carbocycles. The van der Waals surface area contributed by atoms with Gasteiger partial charge < -0.3 is 4.89 Å². The molecule has 0 aromatic rings. The Morgan fingerprint density at radius 3 is 2.41 bits per heavy atom. The van der Waals surface area contributed by atoms with E-state index in [9.17, 15) is 14.0 Å². The maximum Gasteiger partial charge on any atom is 0.703 e. The lowest BCUT2D eigenvalue weighted by Crippen LogP contribution is -1.88. The van der Waals surface area contributed by atoms with Crippen molar-refractivity contribution in [3.8, 4) is 0 Å². The van der Waals surface area contributed by atoms with Crippen molar-refractivity contribution in [3.05, 3.63) is 23.3 Å². The Morgan fingerprint density at radius 2 is 1.94 bits per heavy atom. The van der Waals surface area contributed by atoms with Gasteiger partial charge in [-0.15, -0.1) is 4.89 Å². The van der Waals surface area contributed by atoms with Gasteiger partial charge >= 0.3 is 15.9 Å². The monoisotopic (exact) mass is 281 g/mol. The SMILES string of the molecule is CC(C)=CCC/C(C)=C/CP(=O)(O)O[P+](=O)O. The van der Waals surface area contributed by atoms with E-state index in [4.69, 9.17) is 4.89 Å². The Balaban J connectivity index is 4.18. The van der Waals surface area contributed by atoms with Gasteiger partial charge in [-0.05, 0) is 37.9 Å². The van der Waals surface area contributed by atoms with Gasteiger partial charge in [-0.25, -0.2) is 0 Å². The van der Waals surface area contributed by atoms with Crippen molar-refractivity contribution in [2.45, 2.75) is 33.6 Å². The van der Waals surface area contributed by atoms with Crippen molar-refractivity contribution in [2.24, 2.45) is 0 Å². The quantitative estimate of drug-likeness (QED) is 0.551. The molecule has 98 valence electrons. The van der Waals surface area contributed by atoms with Crippen LogP contribution in [0.15, 0.2) is 23.3 Å². The third kappa shape index (κ3) is 10.6. The molecule has 0 aliphatic heterocycles. The Labute approximate surface area is 103 Å². The third-order valence-electron chi connectivity index (χ3n) is 1.96. The lowest BCUT2D eigenvalue weighted by molar-refractivity contribution is 0.352. The molecule has 17 heavy (non-hydrogen) atoms. The van der Waals surface area contributed by atoms with Crippen molar-refractivity contribution >= 4 is 15.9 Å². The summed E-state index contributed by atoms with van der Waals surface area (Å²) in [5, 5.41) is 0. The van der Waals surface area contributed by atoms with Gasteiger partial charge in [-0.2, -0.15) is 0 Å². The van der Waals surface area contributed by atoms with Crippen molar-refractivity contribution in [1.29, 1.82) is 0 Å². The van der Waals surface area contributed by atoms with Crippen LogP contribution < -0.4 is 0 Å². The summed E-state index contributed by atoms with van der Waals surface area (Å²) in [4.78, 5) is 17.6. The van der Waals surface area contributed by atoms with E-state index in [1.54, 1.807) is 6.08 Å². The highest BCUT2D eigenvalue weighted by atomic mass is 31.2. The average Bonchev–Trinajstić information content (AvgIpc) is 2.12. The molecule has 0 aliphatic rings. The first kappa shape index (κ1) is 16.7. The first-order valence-electron chi connectivity index (χ1n) is 5.19. The molecule has 5 nitrogen and oxygen atoms in total. The van der Waals surface area contributed by atoms with E-state index in [0.717, 1.165) is 18.4 Å². The van der Waals surface area contributed by atoms with Crippen molar-refractivity contribution in [3.63, 3.8) is 0 Å². The van der Waals surface area contributed by atoms with Crippen LogP contribution in [0.4, 0.5) is 0 Å². The second kappa shape index (κ2) is 7.91. The fourth-order valence-corrected chi connectivity index (χ4v) is 2.79. The fraction of sp³-hybridized carbons (Fsp3) is 0.600. The van der Waals surface area contributed by atoms with Crippen LogP contribution in [-0.2, 0) is 13.4 Å². The molecular weight excluding hydrogens is 262 g/mol. The van der Waals surface area contributed by atoms with E-state index in [2.05, 4.69) is 10.4 Å². The lowest BCUT2D eigenvalue weighted by Gasteiger charge is -2.02. The standard InChI is InChI=1S/C10H18O5P2/c1-9(2)5-4-6-10(3)7-8-17(13,14)15-16(11)12/h5,7H,4,6,8H2,1-3H3,(H-,11,12,13,14)/p+1/b10-7+. The summed E-state index contributed by atoms with van der Waals surface area (Å²) in [5.74, 6) is 0. The van der Waals surface area contributed by atoms with Crippen LogP contribution in [-0.4, -0.2) is 15.9 Å². The second-order valence-corrected chi connectivity index (χ2v) is 6.78. The van der Waals surface area contributed by atoms with E-state index in [1.165, 1.54) is 5.57 Å². The summed E-state index contributed by atoms with van der Waals surface area (Å²) >= 11 is 0. The molecule has 2 N–H and O–H groups in total. The summed E-state index contributed by atoms with van der Waals surface area (Å²) in [6, 6.07) is 0. The molecule has 2 atom stereocenters. The molecule has 0 aromatic heterocycles. The molecule has 0 bridgehead atoms. The molecular formula is C10H19O5P2+. The molecule has 0 saturated carbocycles. The smallest absolute Gasteiger partial charge is 0.321 e. The van der Waals surface area contributed by atoms with Gasteiger partial charge in [0, 0.05) is 4.57 Å². The number of rotatable bonds is 7. The first-order chi connectivity index (χ1) is 7.73. The van der Waals surface area contributed by atoms with Gasteiger partial charge in [0.2, 0.25) is 0 Å². The molecule has 0 rings (SSSR count). The summed E-state index contributed by atoms with van der Waals surface area (Å²) in [6.07, 6.45) is 5.07. The molecule has 0 spiro atoms. The predicted molar refractivity (Wildman–Crippen MR) is 68.0 cm³/mol. The van der Waals surface area contributed by atoms with Crippen LogP contribution >= 0.6 is 15.9 Å². The molecule has 0 aliphatic carbocycles. The maximum absolute atomic E-state index is 11.2. The summed E-state index contributed by atoms with van der Waals surface area (Å²) in [5.41, 5.74) is 2.18. The zero-order valence-electron chi connectivity index (χ0n) is 10.3. The van der Waals surface area contributed by atoms with E-state index < -0.39 is 15.9 Å². The first-order valence-corrected chi connectivity index (χ1v) is 8.09. The van der Waals surface area contributed by atoms with Gasteiger partial charge in [-0.1, -0.05) is 23.3 Å². The largest absolute Gasteiger partial charge is 0.703 e. The van der Waals surface area contributed by atoms with Gasteiger partial charge in [0.1, 0.15) is 0 Å². The Hall–Kier alpha value is -0.310. The van der Waals surface area contributed by atoms with Crippen molar-refractivity contribution < 1.29 is 23.2 Å². The molecule has 0 heterocycles. The van der Waals surface area contributed by atoms with E-state index in [1.807, 2.05) is 20.8 Å².